The molecule has 8 heteroatoms. The monoisotopic (exact) mass is 376 g/mol. The van der Waals surface area contributed by atoms with Crippen LogP contribution in [0.1, 0.15) is 21.5 Å². The van der Waals surface area contributed by atoms with Gasteiger partial charge in [0.05, 0.1) is 17.0 Å². The van der Waals surface area contributed by atoms with E-state index >= 15 is 0 Å². The van der Waals surface area contributed by atoms with Crippen molar-refractivity contribution < 1.29 is 19.4 Å². The van der Waals surface area contributed by atoms with Gasteiger partial charge in [-0.15, -0.1) is 0 Å². The van der Waals surface area contributed by atoms with Gasteiger partial charge in [0.15, 0.2) is 0 Å². The summed E-state index contributed by atoms with van der Waals surface area (Å²) in [7, 11) is 0. The van der Waals surface area contributed by atoms with E-state index in [4.69, 9.17) is 16.7 Å². The van der Waals surface area contributed by atoms with E-state index in [9.17, 15) is 19.1 Å². The Balaban J connectivity index is 2.15. The first-order valence-electron chi connectivity index (χ1n) is 7.71. The lowest BCUT2D eigenvalue weighted by atomic mass is 10.0. The number of aliphatic hydroxyl groups is 1. The first kappa shape index (κ1) is 18.0. The summed E-state index contributed by atoms with van der Waals surface area (Å²) in [6, 6.07) is 6.12. The van der Waals surface area contributed by atoms with Gasteiger partial charge in [-0.05, 0) is 23.3 Å². The number of carboxylic acid groups (broad SMARTS) is 1. The highest BCUT2D eigenvalue weighted by Gasteiger charge is 2.16. The molecule has 3 aromatic rings. The first-order chi connectivity index (χ1) is 12.4. The Morgan fingerprint density at radius 1 is 1.35 bits per heavy atom. The van der Waals surface area contributed by atoms with Crippen molar-refractivity contribution in [2.24, 2.45) is 0 Å². The van der Waals surface area contributed by atoms with Crippen LogP contribution in [0.25, 0.3) is 11.0 Å². The van der Waals surface area contributed by atoms with Gasteiger partial charge in [0.25, 0.3) is 0 Å². The van der Waals surface area contributed by atoms with Crippen LogP contribution in [0.15, 0.2) is 41.5 Å². The van der Waals surface area contributed by atoms with Crippen molar-refractivity contribution >= 4 is 28.6 Å². The van der Waals surface area contributed by atoms with Gasteiger partial charge in [0, 0.05) is 25.4 Å². The Hall–Kier alpha value is -2.77. The van der Waals surface area contributed by atoms with E-state index in [0.29, 0.717) is 11.1 Å². The Morgan fingerprint density at radius 2 is 2.12 bits per heavy atom. The number of aliphatic hydroxyl groups excluding tert-OH is 1. The number of aromatic nitrogens is 2. The Kier molecular flexibility index (Phi) is 5.01. The van der Waals surface area contributed by atoms with Gasteiger partial charge < -0.3 is 14.8 Å². The van der Waals surface area contributed by atoms with Crippen LogP contribution in [0, 0.1) is 5.82 Å². The van der Waals surface area contributed by atoms with Crippen molar-refractivity contribution in [2.45, 2.75) is 13.0 Å². The molecule has 26 heavy (non-hydrogen) atoms. The number of aromatic carboxylic acids is 1. The highest BCUT2D eigenvalue weighted by atomic mass is 35.5. The summed E-state index contributed by atoms with van der Waals surface area (Å²) in [4.78, 5) is 28.0. The van der Waals surface area contributed by atoms with Crippen molar-refractivity contribution in [3.05, 3.63) is 74.4 Å². The molecule has 1 aromatic carbocycles. The van der Waals surface area contributed by atoms with E-state index in [0.717, 1.165) is 6.20 Å². The van der Waals surface area contributed by atoms with E-state index in [1.807, 2.05) is 0 Å². The van der Waals surface area contributed by atoms with Gasteiger partial charge in [0.1, 0.15) is 17.0 Å². The summed E-state index contributed by atoms with van der Waals surface area (Å²) >= 11 is 5.78. The van der Waals surface area contributed by atoms with Crippen molar-refractivity contribution in [1.82, 2.24) is 9.55 Å². The average molecular weight is 377 g/mol. The number of carboxylic acids is 1. The van der Waals surface area contributed by atoms with Crippen LogP contribution in [0.2, 0.25) is 5.02 Å². The number of halogens is 2. The zero-order valence-corrected chi connectivity index (χ0v) is 14.2. The molecule has 0 saturated carbocycles. The number of fused-ring (bicyclic) bond motifs is 1. The summed E-state index contributed by atoms with van der Waals surface area (Å²) < 4.78 is 15.5. The van der Waals surface area contributed by atoms with Gasteiger partial charge in [-0.3, -0.25) is 4.79 Å². The number of carbonyl (C=O) groups is 1. The molecule has 0 saturated heterocycles. The molecule has 0 fully saturated rings. The molecule has 2 N–H and O–H groups in total. The fourth-order valence-corrected chi connectivity index (χ4v) is 2.94. The number of nitrogens with zero attached hydrogens (tertiary/aromatic N) is 2. The number of hydrogen-bond donors (Lipinski definition) is 2. The largest absolute Gasteiger partial charge is 0.477 e. The Bertz CT molecular complexity index is 1060. The minimum atomic E-state index is -1.37. The van der Waals surface area contributed by atoms with Crippen LogP contribution in [-0.4, -0.2) is 32.3 Å². The second-order valence-electron chi connectivity index (χ2n) is 5.70. The maximum atomic E-state index is 14.1. The minimum Gasteiger partial charge on any atom is -0.477 e. The number of hydrogen-bond acceptors (Lipinski definition) is 4. The van der Waals surface area contributed by atoms with Crippen LogP contribution in [0.3, 0.4) is 0 Å². The lowest BCUT2D eigenvalue weighted by Crippen LogP contribution is -2.20. The predicted molar refractivity (Wildman–Crippen MR) is 94.3 cm³/mol. The fourth-order valence-electron chi connectivity index (χ4n) is 2.75. The predicted octanol–water partition coefficient (Wildman–Crippen LogP) is 2.47. The standard InChI is InChI=1S/C18H14ClFN2O4/c19-14-3-1-2-11(15(14)20)6-10-7-12-16(24)13(18(25)26)9-22(4-5-23)17(12)21-8-10/h1-3,7-9,23H,4-6H2,(H,25,26). The Morgan fingerprint density at radius 3 is 2.81 bits per heavy atom. The molecule has 2 aromatic heterocycles. The third-order valence-corrected chi connectivity index (χ3v) is 4.26. The van der Waals surface area contributed by atoms with Gasteiger partial charge in [-0.2, -0.15) is 0 Å². The molecule has 0 spiro atoms. The first-order valence-corrected chi connectivity index (χ1v) is 8.09. The van der Waals surface area contributed by atoms with Gasteiger partial charge in [-0.1, -0.05) is 23.7 Å². The van der Waals surface area contributed by atoms with Crippen molar-refractivity contribution in [2.75, 3.05) is 6.61 Å². The zero-order valence-electron chi connectivity index (χ0n) is 13.4. The lowest BCUT2D eigenvalue weighted by molar-refractivity contribution is 0.0694. The molecule has 0 radical (unpaired) electrons. The molecule has 0 aliphatic heterocycles. The van der Waals surface area contributed by atoms with Gasteiger partial charge >= 0.3 is 5.97 Å². The molecule has 0 unspecified atom stereocenters. The SMILES string of the molecule is O=C(O)c1cn(CCO)c2ncc(Cc3cccc(Cl)c3F)cc2c1=O. The minimum absolute atomic E-state index is 0.00490. The Labute approximate surface area is 152 Å². The summed E-state index contributed by atoms with van der Waals surface area (Å²) in [6.45, 7) is -0.152. The maximum Gasteiger partial charge on any atom is 0.341 e. The van der Waals surface area contributed by atoms with Crippen LogP contribution in [-0.2, 0) is 13.0 Å². The van der Waals surface area contributed by atoms with Crippen molar-refractivity contribution in [3.63, 3.8) is 0 Å². The average Bonchev–Trinajstić information content (AvgIpc) is 2.61. The van der Waals surface area contributed by atoms with E-state index in [2.05, 4.69) is 4.98 Å². The molecule has 0 atom stereocenters. The molecule has 2 heterocycles. The van der Waals surface area contributed by atoms with E-state index in [1.54, 1.807) is 12.1 Å². The normalized spacial score (nSPS) is 11.0. The van der Waals surface area contributed by atoms with E-state index < -0.39 is 22.8 Å². The molecular formula is C18H14ClFN2O4. The molecule has 0 aliphatic rings. The number of benzene rings is 1. The molecule has 0 amide bonds. The summed E-state index contributed by atoms with van der Waals surface area (Å²) in [5, 5.41) is 18.5. The highest BCUT2D eigenvalue weighted by Crippen LogP contribution is 2.21. The third-order valence-electron chi connectivity index (χ3n) is 3.97. The second kappa shape index (κ2) is 7.23. The third kappa shape index (κ3) is 3.31. The molecular weight excluding hydrogens is 363 g/mol. The fraction of sp³-hybridized carbons (Fsp3) is 0.167. The van der Waals surface area contributed by atoms with Gasteiger partial charge in [-0.25, -0.2) is 14.2 Å². The molecule has 134 valence electrons. The topological polar surface area (TPSA) is 92.4 Å². The lowest BCUT2D eigenvalue weighted by Gasteiger charge is -2.11. The molecule has 0 bridgehead atoms. The second-order valence-corrected chi connectivity index (χ2v) is 6.11. The highest BCUT2D eigenvalue weighted by molar-refractivity contribution is 6.30. The van der Waals surface area contributed by atoms with Crippen LogP contribution in [0.5, 0.6) is 0 Å². The molecule has 0 aliphatic carbocycles. The van der Waals surface area contributed by atoms with Crippen molar-refractivity contribution in [3.8, 4) is 0 Å². The quantitative estimate of drug-likeness (QED) is 0.713. The van der Waals surface area contributed by atoms with E-state index in [-0.39, 0.29) is 35.6 Å². The van der Waals surface area contributed by atoms with Gasteiger partial charge in [0.2, 0.25) is 5.43 Å². The number of rotatable bonds is 5. The summed E-state index contributed by atoms with van der Waals surface area (Å²) in [5.41, 5.74) is 0.0309. The van der Waals surface area contributed by atoms with Crippen LogP contribution in [0.4, 0.5) is 4.39 Å². The number of pyridine rings is 2. The zero-order chi connectivity index (χ0) is 18.8. The van der Waals surface area contributed by atoms with Crippen LogP contribution < -0.4 is 5.43 Å². The van der Waals surface area contributed by atoms with E-state index in [1.165, 1.54) is 22.9 Å². The molecule has 6 nitrogen and oxygen atoms in total. The smallest absolute Gasteiger partial charge is 0.341 e. The summed E-state index contributed by atoms with van der Waals surface area (Å²) in [6.07, 6.45) is 2.79. The van der Waals surface area contributed by atoms with Crippen LogP contribution >= 0.6 is 11.6 Å². The summed E-state index contributed by atoms with van der Waals surface area (Å²) in [5.74, 6) is -1.92. The van der Waals surface area contributed by atoms with Crippen molar-refractivity contribution in [1.29, 1.82) is 0 Å². The maximum absolute atomic E-state index is 14.1. The molecule has 3 rings (SSSR count).